The molecule has 102 valence electrons. The molecule has 5 heteroatoms. The van der Waals surface area contributed by atoms with Crippen LogP contribution in [0.25, 0.3) is 0 Å². The summed E-state index contributed by atoms with van der Waals surface area (Å²) in [6.45, 7) is 3.89. The Morgan fingerprint density at radius 1 is 1.16 bits per heavy atom. The van der Waals surface area contributed by atoms with Crippen LogP contribution in [0.1, 0.15) is 19.8 Å². The lowest BCUT2D eigenvalue weighted by molar-refractivity contribution is -0.117. The topological polar surface area (TPSA) is 61.4 Å². The third kappa shape index (κ3) is 4.37. The maximum absolute atomic E-state index is 11.9. The van der Waals surface area contributed by atoms with Crippen LogP contribution in [0.15, 0.2) is 24.3 Å². The van der Waals surface area contributed by atoms with Crippen molar-refractivity contribution >= 4 is 23.2 Å². The van der Waals surface area contributed by atoms with Gasteiger partial charge in [0.15, 0.2) is 0 Å². The highest BCUT2D eigenvalue weighted by Gasteiger charge is 2.15. The minimum absolute atomic E-state index is 0.0122. The van der Waals surface area contributed by atoms with Crippen molar-refractivity contribution in [3.05, 3.63) is 24.3 Å². The third-order valence-electron chi connectivity index (χ3n) is 3.03. The highest BCUT2D eigenvalue weighted by molar-refractivity contribution is 5.94. The van der Waals surface area contributed by atoms with Crippen molar-refractivity contribution in [3.63, 3.8) is 0 Å². The molecule has 0 aromatic heterocycles. The first kappa shape index (κ1) is 13.5. The van der Waals surface area contributed by atoms with Crippen LogP contribution >= 0.6 is 0 Å². The molecule has 5 nitrogen and oxygen atoms in total. The predicted molar refractivity (Wildman–Crippen MR) is 75.0 cm³/mol. The predicted octanol–water partition coefficient (Wildman–Crippen LogP) is 1.68. The molecule has 0 bridgehead atoms. The smallest absolute Gasteiger partial charge is 0.238 e. The van der Waals surface area contributed by atoms with Crippen LogP contribution in [-0.2, 0) is 9.59 Å². The van der Waals surface area contributed by atoms with Crippen LogP contribution in [0.4, 0.5) is 11.4 Å². The molecule has 0 unspecified atom stereocenters. The number of rotatable bonds is 4. The maximum atomic E-state index is 11.9. The average molecular weight is 261 g/mol. The van der Waals surface area contributed by atoms with Gasteiger partial charge in [0.1, 0.15) is 0 Å². The first-order valence-corrected chi connectivity index (χ1v) is 6.53. The molecular weight excluding hydrogens is 242 g/mol. The molecule has 2 N–H and O–H groups in total. The average Bonchev–Trinajstić information content (AvgIpc) is 2.81. The van der Waals surface area contributed by atoms with Gasteiger partial charge in [-0.1, -0.05) is 6.07 Å². The summed E-state index contributed by atoms with van der Waals surface area (Å²) in [5, 5.41) is 5.54. The number of anilines is 2. The molecule has 0 saturated carbocycles. The Kier molecular flexibility index (Phi) is 4.52. The van der Waals surface area contributed by atoms with Gasteiger partial charge in [-0.05, 0) is 44.1 Å². The SMILES string of the molecule is CC(=O)Nc1cccc(NC(=O)CN2CCCC2)c1. The first-order chi connectivity index (χ1) is 9.13. The number of benzene rings is 1. The van der Waals surface area contributed by atoms with E-state index >= 15 is 0 Å². The summed E-state index contributed by atoms with van der Waals surface area (Å²) in [6.07, 6.45) is 2.34. The Labute approximate surface area is 113 Å². The van der Waals surface area contributed by atoms with Crippen molar-refractivity contribution in [2.45, 2.75) is 19.8 Å². The Morgan fingerprint density at radius 3 is 2.42 bits per heavy atom. The lowest BCUT2D eigenvalue weighted by atomic mass is 10.2. The molecule has 2 rings (SSSR count). The summed E-state index contributed by atoms with van der Waals surface area (Å²) < 4.78 is 0. The van der Waals surface area contributed by atoms with Gasteiger partial charge in [0, 0.05) is 18.3 Å². The molecule has 0 radical (unpaired) electrons. The van der Waals surface area contributed by atoms with E-state index in [0.717, 1.165) is 13.1 Å². The fourth-order valence-corrected chi connectivity index (χ4v) is 2.22. The zero-order valence-corrected chi connectivity index (χ0v) is 11.1. The fourth-order valence-electron chi connectivity index (χ4n) is 2.22. The fraction of sp³-hybridized carbons (Fsp3) is 0.429. The van der Waals surface area contributed by atoms with Gasteiger partial charge in [-0.3, -0.25) is 14.5 Å². The maximum Gasteiger partial charge on any atom is 0.238 e. The molecule has 19 heavy (non-hydrogen) atoms. The van der Waals surface area contributed by atoms with Crippen LogP contribution < -0.4 is 10.6 Å². The summed E-state index contributed by atoms with van der Waals surface area (Å²) in [4.78, 5) is 25.0. The van der Waals surface area contributed by atoms with Crippen molar-refractivity contribution in [2.75, 3.05) is 30.3 Å². The number of amides is 2. The second kappa shape index (κ2) is 6.33. The number of nitrogens with zero attached hydrogens (tertiary/aromatic N) is 1. The number of hydrogen-bond donors (Lipinski definition) is 2. The van der Waals surface area contributed by atoms with E-state index in [2.05, 4.69) is 15.5 Å². The molecule has 1 fully saturated rings. The van der Waals surface area contributed by atoms with Gasteiger partial charge in [-0.15, -0.1) is 0 Å². The second-order valence-electron chi connectivity index (χ2n) is 4.79. The van der Waals surface area contributed by atoms with Crippen LogP contribution in [0, 0.1) is 0 Å². The zero-order valence-electron chi connectivity index (χ0n) is 11.1. The molecule has 0 spiro atoms. The third-order valence-corrected chi connectivity index (χ3v) is 3.03. The monoisotopic (exact) mass is 261 g/mol. The molecule has 1 aromatic rings. The molecular formula is C14H19N3O2. The highest BCUT2D eigenvalue weighted by atomic mass is 16.2. The van der Waals surface area contributed by atoms with Gasteiger partial charge in [-0.2, -0.15) is 0 Å². The number of carbonyl (C=O) groups is 2. The first-order valence-electron chi connectivity index (χ1n) is 6.53. The molecule has 1 aliphatic rings. The van der Waals surface area contributed by atoms with Crippen LogP contribution in [-0.4, -0.2) is 36.3 Å². The van der Waals surface area contributed by atoms with E-state index in [-0.39, 0.29) is 11.8 Å². The van der Waals surface area contributed by atoms with Gasteiger partial charge in [0.2, 0.25) is 11.8 Å². The van der Waals surface area contributed by atoms with Gasteiger partial charge in [-0.25, -0.2) is 0 Å². The van der Waals surface area contributed by atoms with Crippen molar-refractivity contribution in [2.24, 2.45) is 0 Å². The van der Waals surface area contributed by atoms with Crippen molar-refractivity contribution in [1.82, 2.24) is 4.90 Å². The molecule has 2 amide bonds. The Balaban J connectivity index is 1.90. The van der Waals surface area contributed by atoms with E-state index in [1.165, 1.54) is 19.8 Å². The number of hydrogen-bond acceptors (Lipinski definition) is 3. The molecule has 0 atom stereocenters. The Morgan fingerprint density at radius 2 is 1.79 bits per heavy atom. The van der Waals surface area contributed by atoms with Gasteiger partial charge >= 0.3 is 0 Å². The van der Waals surface area contributed by atoms with E-state index in [1.807, 2.05) is 6.07 Å². The minimum Gasteiger partial charge on any atom is -0.326 e. The minimum atomic E-state index is -0.124. The molecule has 1 saturated heterocycles. The molecule has 0 aliphatic carbocycles. The van der Waals surface area contributed by atoms with E-state index < -0.39 is 0 Å². The molecule has 1 aliphatic heterocycles. The molecule has 1 aromatic carbocycles. The Bertz CT molecular complexity index is 468. The van der Waals surface area contributed by atoms with Gasteiger partial charge in [0.25, 0.3) is 0 Å². The lowest BCUT2D eigenvalue weighted by Crippen LogP contribution is -2.30. The van der Waals surface area contributed by atoms with Crippen LogP contribution in [0.5, 0.6) is 0 Å². The van der Waals surface area contributed by atoms with Crippen molar-refractivity contribution in [1.29, 1.82) is 0 Å². The summed E-state index contributed by atoms with van der Waals surface area (Å²) in [7, 11) is 0. The van der Waals surface area contributed by atoms with Crippen LogP contribution in [0.3, 0.4) is 0 Å². The molecule has 1 heterocycles. The summed E-state index contributed by atoms with van der Waals surface area (Å²) in [5.41, 5.74) is 1.39. The van der Waals surface area contributed by atoms with E-state index in [4.69, 9.17) is 0 Å². The number of nitrogens with one attached hydrogen (secondary N) is 2. The largest absolute Gasteiger partial charge is 0.326 e. The van der Waals surface area contributed by atoms with E-state index in [9.17, 15) is 9.59 Å². The van der Waals surface area contributed by atoms with Gasteiger partial charge in [0.05, 0.1) is 6.54 Å². The summed E-state index contributed by atoms with van der Waals surface area (Å²) in [6, 6.07) is 7.16. The van der Waals surface area contributed by atoms with E-state index in [0.29, 0.717) is 17.9 Å². The zero-order chi connectivity index (χ0) is 13.7. The van der Waals surface area contributed by atoms with Gasteiger partial charge < -0.3 is 10.6 Å². The lowest BCUT2D eigenvalue weighted by Gasteiger charge is -2.14. The quantitative estimate of drug-likeness (QED) is 0.867. The number of carbonyl (C=O) groups excluding carboxylic acids is 2. The van der Waals surface area contributed by atoms with Crippen molar-refractivity contribution in [3.8, 4) is 0 Å². The van der Waals surface area contributed by atoms with Crippen molar-refractivity contribution < 1.29 is 9.59 Å². The highest BCUT2D eigenvalue weighted by Crippen LogP contribution is 2.15. The normalized spacial score (nSPS) is 15.2. The summed E-state index contributed by atoms with van der Waals surface area (Å²) in [5.74, 6) is -0.137. The summed E-state index contributed by atoms with van der Waals surface area (Å²) >= 11 is 0. The number of likely N-dealkylation sites (tertiary alicyclic amines) is 1. The van der Waals surface area contributed by atoms with Crippen LogP contribution in [0.2, 0.25) is 0 Å². The van der Waals surface area contributed by atoms with E-state index in [1.54, 1.807) is 18.2 Å². The standard InChI is InChI=1S/C14H19N3O2/c1-11(18)15-12-5-4-6-13(9-12)16-14(19)10-17-7-2-3-8-17/h4-6,9H,2-3,7-8,10H2,1H3,(H,15,18)(H,16,19). The second-order valence-corrected chi connectivity index (χ2v) is 4.79. The Hall–Kier alpha value is -1.88.